The molecular formula is C8H16N2O2. The van der Waals surface area contributed by atoms with Crippen LogP contribution in [0.5, 0.6) is 0 Å². The van der Waals surface area contributed by atoms with Crippen LogP contribution in [0.15, 0.2) is 0 Å². The minimum Gasteiger partial charge on any atom is -0.384 e. The highest BCUT2D eigenvalue weighted by Crippen LogP contribution is 2.15. The first-order valence-electron chi connectivity index (χ1n) is 4.32. The third-order valence-corrected chi connectivity index (χ3v) is 2.29. The minimum atomic E-state index is -0.874. The van der Waals surface area contributed by atoms with Crippen molar-refractivity contribution in [1.82, 2.24) is 4.90 Å². The van der Waals surface area contributed by atoms with E-state index in [1.54, 1.807) is 4.90 Å². The van der Waals surface area contributed by atoms with Crippen LogP contribution >= 0.6 is 0 Å². The summed E-state index contributed by atoms with van der Waals surface area (Å²) in [5.74, 6) is 0.249. The zero-order valence-corrected chi connectivity index (χ0v) is 7.36. The van der Waals surface area contributed by atoms with Gasteiger partial charge in [-0.15, -0.1) is 0 Å². The van der Waals surface area contributed by atoms with Gasteiger partial charge in [0, 0.05) is 13.1 Å². The Labute approximate surface area is 72.3 Å². The Bertz CT molecular complexity index is 170. The number of aliphatic hydroxyl groups is 1. The van der Waals surface area contributed by atoms with E-state index in [0.717, 1.165) is 13.0 Å². The molecule has 4 heteroatoms. The lowest BCUT2D eigenvalue weighted by atomic mass is 10.1. The fourth-order valence-corrected chi connectivity index (χ4v) is 1.49. The first-order valence-corrected chi connectivity index (χ1v) is 4.32. The molecule has 12 heavy (non-hydrogen) atoms. The molecule has 0 aromatic heterocycles. The first-order chi connectivity index (χ1) is 5.65. The van der Waals surface area contributed by atoms with Crippen molar-refractivity contribution in [3.63, 3.8) is 0 Å². The van der Waals surface area contributed by atoms with E-state index in [0.29, 0.717) is 19.0 Å². The molecule has 1 heterocycles. The molecule has 2 atom stereocenters. The van der Waals surface area contributed by atoms with Gasteiger partial charge in [-0.05, 0) is 25.8 Å². The van der Waals surface area contributed by atoms with E-state index in [2.05, 4.69) is 0 Å². The van der Waals surface area contributed by atoms with E-state index in [9.17, 15) is 4.79 Å². The molecule has 0 aromatic carbocycles. The average Bonchev–Trinajstić information content (AvgIpc) is 2.50. The molecule has 4 nitrogen and oxygen atoms in total. The number of hydrogen-bond donors (Lipinski definition) is 2. The second kappa shape index (κ2) is 3.87. The number of nitrogens with zero attached hydrogens (tertiary/aromatic N) is 1. The summed E-state index contributed by atoms with van der Waals surface area (Å²) in [6.07, 6.45) is 0.0936. The van der Waals surface area contributed by atoms with Crippen LogP contribution in [0, 0.1) is 5.92 Å². The normalized spacial score (nSPS) is 25.9. The standard InChI is InChI=1S/C8H16N2O2/c1-6(11)8(12)10-3-2-7(4-9)5-10/h6-7,11H,2-5,9H2,1H3. The summed E-state index contributed by atoms with van der Waals surface area (Å²) in [5, 5.41) is 9.02. The summed E-state index contributed by atoms with van der Waals surface area (Å²) in [7, 11) is 0. The fraction of sp³-hybridized carbons (Fsp3) is 0.875. The lowest BCUT2D eigenvalue weighted by molar-refractivity contribution is -0.138. The second-order valence-electron chi connectivity index (χ2n) is 3.35. The number of hydrogen-bond acceptors (Lipinski definition) is 3. The summed E-state index contributed by atoms with van der Waals surface area (Å²) < 4.78 is 0. The largest absolute Gasteiger partial charge is 0.384 e. The van der Waals surface area contributed by atoms with Crippen molar-refractivity contribution in [2.24, 2.45) is 11.7 Å². The maximum Gasteiger partial charge on any atom is 0.251 e. The van der Waals surface area contributed by atoms with Gasteiger partial charge in [0.2, 0.25) is 0 Å². The smallest absolute Gasteiger partial charge is 0.251 e. The SMILES string of the molecule is CC(O)C(=O)N1CCC(CN)C1. The zero-order valence-electron chi connectivity index (χ0n) is 7.36. The Kier molecular flexibility index (Phi) is 3.05. The fourth-order valence-electron chi connectivity index (χ4n) is 1.49. The number of carbonyl (C=O) groups excluding carboxylic acids is 1. The predicted octanol–water partition coefficient (Wildman–Crippen LogP) is -0.826. The van der Waals surface area contributed by atoms with E-state index < -0.39 is 6.10 Å². The molecule has 2 unspecified atom stereocenters. The lowest BCUT2D eigenvalue weighted by Gasteiger charge is -2.17. The molecule has 1 aliphatic heterocycles. The Morgan fingerprint density at radius 3 is 2.92 bits per heavy atom. The number of rotatable bonds is 2. The molecule has 1 fully saturated rings. The number of carbonyl (C=O) groups is 1. The van der Waals surface area contributed by atoms with E-state index in [-0.39, 0.29) is 5.91 Å². The predicted molar refractivity (Wildman–Crippen MR) is 45.4 cm³/mol. The van der Waals surface area contributed by atoms with Crippen molar-refractivity contribution in [2.45, 2.75) is 19.4 Å². The summed E-state index contributed by atoms with van der Waals surface area (Å²) in [5.41, 5.74) is 5.47. The van der Waals surface area contributed by atoms with Gasteiger partial charge in [0.15, 0.2) is 0 Å². The number of aliphatic hydroxyl groups excluding tert-OH is 1. The van der Waals surface area contributed by atoms with E-state index in [1.807, 2.05) is 0 Å². The highest BCUT2D eigenvalue weighted by molar-refractivity contribution is 5.80. The number of likely N-dealkylation sites (tertiary alicyclic amines) is 1. The van der Waals surface area contributed by atoms with Crippen LogP contribution in [0.25, 0.3) is 0 Å². The van der Waals surface area contributed by atoms with Crippen molar-refractivity contribution in [1.29, 1.82) is 0 Å². The van der Waals surface area contributed by atoms with E-state index in [4.69, 9.17) is 10.8 Å². The van der Waals surface area contributed by atoms with Crippen LogP contribution in [0.2, 0.25) is 0 Å². The Morgan fingerprint density at radius 2 is 2.50 bits per heavy atom. The Balaban J connectivity index is 2.41. The third kappa shape index (κ3) is 1.95. The topological polar surface area (TPSA) is 66.6 Å². The molecule has 0 aromatic rings. The van der Waals surface area contributed by atoms with Crippen LogP contribution < -0.4 is 5.73 Å². The van der Waals surface area contributed by atoms with Crippen LogP contribution in [0.3, 0.4) is 0 Å². The molecule has 3 N–H and O–H groups in total. The minimum absolute atomic E-state index is 0.175. The molecule has 1 amide bonds. The summed E-state index contributed by atoms with van der Waals surface area (Å²) in [6, 6.07) is 0. The molecule has 0 saturated carbocycles. The lowest BCUT2D eigenvalue weighted by Crippen LogP contribution is -2.36. The molecular weight excluding hydrogens is 156 g/mol. The monoisotopic (exact) mass is 172 g/mol. The Morgan fingerprint density at radius 1 is 1.83 bits per heavy atom. The number of amides is 1. The van der Waals surface area contributed by atoms with Gasteiger partial charge in [0.05, 0.1) is 0 Å². The highest BCUT2D eigenvalue weighted by atomic mass is 16.3. The van der Waals surface area contributed by atoms with Crippen LogP contribution in [0.4, 0.5) is 0 Å². The molecule has 1 saturated heterocycles. The van der Waals surface area contributed by atoms with Gasteiger partial charge in [-0.1, -0.05) is 0 Å². The summed E-state index contributed by atoms with van der Waals surface area (Å²) >= 11 is 0. The third-order valence-electron chi connectivity index (χ3n) is 2.29. The van der Waals surface area contributed by atoms with Crippen LogP contribution in [0.1, 0.15) is 13.3 Å². The first kappa shape index (κ1) is 9.48. The molecule has 0 radical (unpaired) electrons. The number of nitrogens with two attached hydrogens (primary N) is 1. The molecule has 1 aliphatic rings. The maximum absolute atomic E-state index is 11.2. The van der Waals surface area contributed by atoms with Gasteiger partial charge in [-0.3, -0.25) is 4.79 Å². The van der Waals surface area contributed by atoms with Crippen molar-refractivity contribution in [3.8, 4) is 0 Å². The second-order valence-corrected chi connectivity index (χ2v) is 3.35. The molecule has 0 bridgehead atoms. The van der Waals surface area contributed by atoms with Gasteiger partial charge in [-0.25, -0.2) is 0 Å². The van der Waals surface area contributed by atoms with Crippen molar-refractivity contribution in [2.75, 3.05) is 19.6 Å². The van der Waals surface area contributed by atoms with Crippen molar-refractivity contribution >= 4 is 5.91 Å². The molecule has 70 valence electrons. The van der Waals surface area contributed by atoms with Gasteiger partial charge >= 0.3 is 0 Å². The highest BCUT2D eigenvalue weighted by Gasteiger charge is 2.26. The average molecular weight is 172 g/mol. The molecule has 0 aliphatic carbocycles. The van der Waals surface area contributed by atoms with Gasteiger partial charge in [0.25, 0.3) is 5.91 Å². The van der Waals surface area contributed by atoms with Gasteiger partial charge in [-0.2, -0.15) is 0 Å². The zero-order chi connectivity index (χ0) is 9.14. The van der Waals surface area contributed by atoms with Gasteiger partial charge in [0.1, 0.15) is 6.10 Å². The maximum atomic E-state index is 11.2. The summed E-state index contributed by atoms with van der Waals surface area (Å²) in [4.78, 5) is 12.9. The van der Waals surface area contributed by atoms with Crippen molar-refractivity contribution < 1.29 is 9.90 Å². The summed E-state index contributed by atoms with van der Waals surface area (Å²) in [6.45, 7) is 3.58. The quantitative estimate of drug-likeness (QED) is 0.571. The van der Waals surface area contributed by atoms with E-state index in [1.165, 1.54) is 6.92 Å². The van der Waals surface area contributed by atoms with E-state index >= 15 is 0 Å². The van der Waals surface area contributed by atoms with Crippen LogP contribution in [-0.2, 0) is 4.79 Å². The molecule has 1 rings (SSSR count). The van der Waals surface area contributed by atoms with Crippen LogP contribution in [-0.4, -0.2) is 41.7 Å². The van der Waals surface area contributed by atoms with Gasteiger partial charge < -0.3 is 15.7 Å². The molecule has 0 spiro atoms. The van der Waals surface area contributed by atoms with Crippen molar-refractivity contribution in [3.05, 3.63) is 0 Å². The Hall–Kier alpha value is -0.610.